The highest BCUT2D eigenvalue weighted by atomic mass is 32.2. The van der Waals surface area contributed by atoms with Crippen LogP contribution in [0.25, 0.3) is 27.7 Å². The van der Waals surface area contributed by atoms with Gasteiger partial charge in [0, 0.05) is 30.4 Å². The summed E-state index contributed by atoms with van der Waals surface area (Å²) in [7, 11) is -3.23. The molecule has 0 fully saturated rings. The van der Waals surface area contributed by atoms with Crippen LogP contribution >= 0.6 is 0 Å². The first-order chi connectivity index (χ1) is 14.1. The summed E-state index contributed by atoms with van der Waals surface area (Å²) in [6, 6.07) is 9.39. The van der Waals surface area contributed by atoms with E-state index < -0.39 is 16.4 Å². The number of sulfonamides is 1. The molecule has 0 spiro atoms. The number of fused-ring (bicyclic) bond motifs is 1. The number of nitrogens with zero attached hydrogens (tertiary/aromatic N) is 2. The van der Waals surface area contributed by atoms with Crippen LogP contribution < -0.4 is 4.74 Å². The lowest BCUT2D eigenvalue weighted by molar-refractivity contribution is -0.274. The maximum atomic E-state index is 12.4. The van der Waals surface area contributed by atoms with E-state index in [2.05, 4.69) is 14.7 Å². The van der Waals surface area contributed by atoms with Crippen LogP contribution in [-0.4, -0.2) is 48.4 Å². The number of rotatable bonds is 4. The largest absolute Gasteiger partial charge is 0.573 e. The molecule has 0 bridgehead atoms. The molecular weight excluding hydrogens is 419 g/mol. The van der Waals surface area contributed by atoms with Crippen molar-refractivity contribution in [3.8, 4) is 16.9 Å². The van der Waals surface area contributed by atoms with Gasteiger partial charge in [-0.3, -0.25) is 0 Å². The predicted octanol–water partition coefficient (Wildman–Crippen LogP) is 4.18. The number of H-pyrrole nitrogens is 1. The first kappa shape index (κ1) is 20.4. The van der Waals surface area contributed by atoms with Gasteiger partial charge in [0.1, 0.15) is 11.4 Å². The van der Waals surface area contributed by atoms with Gasteiger partial charge in [-0.15, -0.1) is 13.2 Å². The van der Waals surface area contributed by atoms with Gasteiger partial charge < -0.3 is 9.72 Å². The van der Waals surface area contributed by atoms with Gasteiger partial charge in [-0.2, -0.15) is 4.31 Å². The van der Waals surface area contributed by atoms with Gasteiger partial charge in [0.15, 0.2) is 0 Å². The summed E-state index contributed by atoms with van der Waals surface area (Å²) in [5.41, 5.74) is 4.02. The number of benzene rings is 1. The van der Waals surface area contributed by atoms with E-state index in [0.29, 0.717) is 25.2 Å². The van der Waals surface area contributed by atoms with Gasteiger partial charge in [0.05, 0.1) is 6.26 Å². The van der Waals surface area contributed by atoms with E-state index in [1.54, 1.807) is 24.4 Å². The zero-order chi connectivity index (χ0) is 21.5. The van der Waals surface area contributed by atoms with Crippen molar-refractivity contribution < 1.29 is 26.3 Å². The standard InChI is InChI=1S/C20H18F3N3O3S/c1-30(27,28)26-10-7-14(8-11-26)18-12-17-16(6-9-24-19(17)25-18)13-2-4-15(5-3-13)29-20(21,22)23/h2-7,9,12H,8,10-11H2,1H3,(H,24,25). The Morgan fingerprint density at radius 2 is 1.90 bits per heavy atom. The summed E-state index contributed by atoms with van der Waals surface area (Å²) in [5.74, 6) is -0.283. The normalized spacial score (nSPS) is 15.9. The lowest BCUT2D eigenvalue weighted by Crippen LogP contribution is -2.33. The van der Waals surface area contributed by atoms with Crippen molar-refractivity contribution in [1.82, 2.24) is 14.3 Å². The third-order valence-corrected chi connectivity index (χ3v) is 6.19. The van der Waals surface area contributed by atoms with Crippen molar-refractivity contribution >= 4 is 26.6 Å². The molecular formula is C20H18F3N3O3S. The van der Waals surface area contributed by atoms with Crippen LogP contribution in [0.2, 0.25) is 0 Å². The third kappa shape index (κ3) is 4.34. The van der Waals surface area contributed by atoms with Crippen LogP contribution in [-0.2, 0) is 10.0 Å². The minimum atomic E-state index is -4.73. The second kappa shape index (κ2) is 7.44. The second-order valence-electron chi connectivity index (χ2n) is 6.98. The van der Waals surface area contributed by atoms with Gasteiger partial charge in [-0.1, -0.05) is 18.2 Å². The Kier molecular flexibility index (Phi) is 5.07. The van der Waals surface area contributed by atoms with Crippen LogP contribution in [0.4, 0.5) is 13.2 Å². The van der Waals surface area contributed by atoms with Gasteiger partial charge in [-0.25, -0.2) is 13.4 Å². The maximum absolute atomic E-state index is 12.4. The van der Waals surface area contributed by atoms with Crippen molar-refractivity contribution in [3.05, 3.63) is 54.4 Å². The molecule has 1 aliphatic rings. The van der Waals surface area contributed by atoms with Crippen LogP contribution in [0.1, 0.15) is 12.1 Å². The molecule has 0 aliphatic carbocycles. The van der Waals surface area contributed by atoms with E-state index in [4.69, 9.17) is 0 Å². The first-order valence-corrected chi connectivity index (χ1v) is 10.9. The highest BCUT2D eigenvalue weighted by molar-refractivity contribution is 7.88. The molecule has 1 aliphatic heterocycles. The fourth-order valence-corrected chi connectivity index (χ4v) is 4.25. The Hall–Kier alpha value is -2.85. The molecule has 0 amide bonds. The molecule has 158 valence electrons. The first-order valence-electron chi connectivity index (χ1n) is 9.08. The fourth-order valence-electron chi connectivity index (χ4n) is 3.48. The molecule has 6 nitrogen and oxygen atoms in total. The molecule has 1 aromatic carbocycles. The number of pyridine rings is 1. The predicted molar refractivity (Wildman–Crippen MR) is 107 cm³/mol. The molecule has 0 atom stereocenters. The summed E-state index contributed by atoms with van der Waals surface area (Å²) in [4.78, 5) is 7.59. The van der Waals surface area contributed by atoms with E-state index in [1.807, 2.05) is 12.1 Å². The fraction of sp³-hybridized carbons (Fsp3) is 0.250. The Balaban J connectivity index is 1.64. The van der Waals surface area contributed by atoms with E-state index in [0.717, 1.165) is 27.8 Å². The zero-order valence-electron chi connectivity index (χ0n) is 15.9. The Morgan fingerprint density at radius 3 is 2.50 bits per heavy atom. The van der Waals surface area contributed by atoms with Gasteiger partial charge in [0.25, 0.3) is 0 Å². The van der Waals surface area contributed by atoms with Gasteiger partial charge >= 0.3 is 6.36 Å². The quantitative estimate of drug-likeness (QED) is 0.665. The van der Waals surface area contributed by atoms with Gasteiger partial charge in [-0.05, 0) is 47.4 Å². The molecule has 0 radical (unpaired) electrons. The molecule has 10 heteroatoms. The summed E-state index contributed by atoms with van der Waals surface area (Å²) in [6.45, 7) is 0.714. The van der Waals surface area contributed by atoms with Crippen molar-refractivity contribution in [2.75, 3.05) is 19.3 Å². The van der Waals surface area contributed by atoms with Crippen molar-refractivity contribution in [3.63, 3.8) is 0 Å². The van der Waals surface area contributed by atoms with Crippen LogP contribution in [0.15, 0.2) is 48.7 Å². The molecule has 1 N–H and O–H groups in total. The molecule has 0 unspecified atom stereocenters. The molecule has 3 aromatic rings. The molecule has 4 rings (SSSR count). The highest BCUT2D eigenvalue weighted by Gasteiger charge is 2.31. The van der Waals surface area contributed by atoms with Crippen LogP contribution in [0, 0.1) is 0 Å². The van der Waals surface area contributed by atoms with Crippen LogP contribution in [0.3, 0.4) is 0 Å². The molecule has 0 saturated carbocycles. The number of halogens is 3. The third-order valence-electron chi connectivity index (χ3n) is 4.92. The monoisotopic (exact) mass is 437 g/mol. The van der Waals surface area contributed by atoms with Crippen molar-refractivity contribution in [1.29, 1.82) is 0 Å². The maximum Gasteiger partial charge on any atom is 0.573 e. The minimum absolute atomic E-state index is 0.283. The number of hydrogen-bond acceptors (Lipinski definition) is 4. The number of aromatic amines is 1. The van der Waals surface area contributed by atoms with Crippen molar-refractivity contribution in [2.24, 2.45) is 0 Å². The average molecular weight is 437 g/mol. The number of hydrogen-bond donors (Lipinski definition) is 1. The zero-order valence-corrected chi connectivity index (χ0v) is 16.7. The number of aromatic nitrogens is 2. The summed E-state index contributed by atoms with van der Waals surface area (Å²) >= 11 is 0. The molecule has 3 heterocycles. The molecule has 30 heavy (non-hydrogen) atoms. The Bertz CT molecular complexity index is 1220. The molecule has 2 aromatic heterocycles. The topological polar surface area (TPSA) is 75.3 Å². The summed E-state index contributed by atoms with van der Waals surface area (Å²) in [5, 5.41) is 0.823. The van der Waals surface area contributed by atoms with Crippen LogP contribution in [0.5, 0.6) is 5.75 Å². The van der Waals surface area contributed by atoms with E-state index in [-0.39, 0.29) is 5.75 Å². The van der Waals surface area contributed by atoms with E-state index in [1.165, 1.54) is 22.7 Å². The second-order valence-corrected chi connectivity index (χ2v) is 8.96. The Morgan fingerprint density at radius 1 is 1.17 bits per heavy atom. The SMILES string of the molecule is CS(=O)(=O)N1CC=C(c2cc3c(-c4ccc(OC(F)(F)F)cc4)ccnc3[nH]2)CC1. The summed E-state index contributed by atoms with van der Waals surface area (Å²) < 4.78 is 65.8. The minimum Gasteiger partial charge on any atom is -0.406 e. The molecule has 0 saturated heterocycles. The van der Waals surface area contributed by atoms with E-state index >= 15 is 0 Å². The number of nitrogens with one attached hydrogen (secondary N) is 1. The summed E-state index contributed by atoms with van der Waals surface area (Å²) in [6.07, 6.45) is 0.521. The number of alkyl halides is 3. The number of ether oxygens (including phenoxy) is 1. The van der Waals surface area contributed by atoms with E-state index in [9.17, 15) is 21.6 Å². The lowest BCUT2D eigenvalue weighted by Gasteiger charge is -2.23. The smallest absolute Gasteiger partial charge is 0.406 e. The Labute approximate surface area is 171 Å². The average Bonchev–Trinajstić information content (AvgIpc) is 3.11. The lowest BCUT2D eigenvalue weighted by atomic mass is 10.0. The van der Waals surface area contributed by atoms with Crippen molar-refractivity contribution in [2.45, 2.75) is 12.8 Å². The highest BCUT2D eigenvalue weighted by Crippen LogP contribution is 2.33. The van der Waals surface area contributed by atoms with Gasteiger partial charge in [0.2, 0.25) is 10.0 Å².